The van der Waals surface area contributed by atoms with Crippen LogP contribution in [0.3, 0.4) is 0 Å². The average molecular weight is 327 g/mol. The minimum absolute atomic E-state index is 0.296. The van der Waals surface area contributed by atoms with E-state index in [1.165, 1.54) is 18.2 Å². The van der Waals surface area contributed by atoms with E-state index in [-0.39, 0.29) is 17.7 Å². The number of nitrogens with zero attached hydrogens (tertiary/aromatic N) is 1. The molecule has 19 heavy (non-hydrogen) atoms. The number of halogens is 3. The van der Waals surface area contributed by atoms with Gasteiger partial charge in [0.15, 0.2) is 0 Å². The highest BCUT2D eigenvalue weighted by Crippen LogP contribution is 2.22. The molecule has 100 valence electrons. The number of nitrogens with one attached hydrogen (secondary N) is 1. The normalized spacial score (nSPS) is 12.4. The lowest BCUT2D eigenvalue weighted by molar-refractivity contribution is 0.515. The molecule has 0 aliphatic carbocycles. The second kappa shape index (κ2) is 6.21. The quantitative estimate of drug-likeness (QED) is 0.928. The minimum atomic E-state index is -0.364. The molecule has 0 aliphatic heterocycles. The first-order chi connectivity index (χ1) is 9.10. The van der Waals surface area contributed by atoms with Gasteiger partial charge in [0.05, 0.1) is 11.7 Å². The maximum atomic E-state index is 13.7. The third-order valence-corrected chi connectivity index (χ3v) is 3.29. The summed E-state index contributed by atoms with van der Waals surface area (Å²) in [5, 5.41) is 3.01. The smallest absolute Gasteiger partial charge is 0.146 e. The molecule has 0 radical (unpaired) electrons. The number of rotatable bonds is 4. The van der Waals surface area contributed by atoms with Gasteiger partial charge >= 0.3 is 0 Å². The lowest BCUT2D eigenvalue weighted by Crippen LogP contribution is -2.21. The predicted molar refractivity (Wildman–Crippen MR) is 73.8 cm³/mol. The summed E-state index contributed by atoms with van der Waals surface area (Å²) in [7, 11) is 1.73. The number of benzene rings is 1. The van der Waals surface area contributed by atoms with Crippen molar-refractivity contribution in [1.29, 1.82) is 0 Å². The summed E-state index contributed by atoms with van der Waals surface area (Å²) < 4.78 is 27.7. The molecule has 1 heterocycles. The van der Waals surface area contributed by atoms with Crippen LogP contribution < -0.4 is 5.32 Å². The van der Waals surface area contributed by atoms with E-state index < -0.39 is 0 Å². The summed E-state index contributed by atoms with van der Waals surface area (Å²) in [5.74, 6) is -0.682. The fourth-order valence-corrected chi connectivity index (χ4v) is 2.47. The van der Waals surface area contributed by atoms with Gasteiger partial charge in [-0.1, -0.05) is 15.9 Å². The fraction of sp³-hybridized carbons (Fsp3) is 0.214. The molecule has 2 rings (SSSR count). The van der Waals surface area contributed by atoms with Gasteiger partial charge in [-0.05, 0) is 49.4 Å². The van der Waals surface area contributed by atoms with Crippen LogP contribution in [0.25, 0.3) is 0 Å². The first-order valence-electron chi connectivity index (χ1n) is 5.83. The summed E-state index contributed by atoms with van der Waals surface area (Å²) in [5.41, 5.74) is 1.11. The van der Waals surface area contributed by atoms with Crippen LogP contribution in [0.2, 0.25) is 0 Å². The molecule has 0 bridgehead atoms. The summed E-state index contributed by atoms with van der Waals surface area (Å²) in [4.78, 5) is 4.05. The third-order valence-electron chi connectivity index (χ3n) is 2.83. The predicted octanol–water partition coefficient (Wildman–Crippen LogP) is 3.63. The Morgan fingerprint density at radius 1 is 1.32 bits per heavy atom. The van der Waals surface area contributed by atoms with Crippen LogP contribution in [0.1, 0.15) is 17.3 Å². The summed E-state index contributed by atoms with van der Waals surface area (Å²) in [6.07, 6.45) is 2.00. The Hall–Kier alpha value is -1.33. The summed E-state index contributed by atoms with van der Waals surface area (Å²) in [6.45, 7) is 0. The van der Waals surface area contributed by atoms with E-state index in [2.05, 4.69) is 26.2 Å². The van der Waals surface area contributed by atoms with Crippen LogP contribution >= 0.6 is 15.9 Å². The highest BCUT2D eigenvalue weighted by atomic mass is 79.9. The number of aromatic nitrogens is 1. The highest BCUT2D eigenvalue weighted by Gasteiger charge is 2.16. The van der Waals surface area contributed by atoms with E-state index in [1.54, 1.807) is 19.3 Å². The maximum Gasteiger partial charge on any atom is 0.146 e. The van der Waals surface area contributed by atoms with Crippen LogP contribution in [0.5, 0.6) is 0 Å². The van der Waals surface area contributed by atoms with Gasteiger partial charge in [-0.15, -0.1) is 0 Å². The molecular weight excluding hydrogens is 314 g/mol. The lowest BCUT2D eigenvalue weighted by atomic mass is 10.0. The molecule has 0 saturated heterocycles. The zero-order valence-electron chi connectivity index (χ0n) is 10.3. The second-order valence-corrected chi connectivity index (χ2v) is 5.11. The van der Waals surface area contributed by atoms with Crippen molar-refractivity contribution in [2.75, 3.05) is 7.05 Å². The SMILES string of the molecule is CNC(Cc1cc(F)cc(Br)c1)c1ncccc1F. The van der Waals surface area contributed by atoms with E-state index in [0.29, 0.717) is 16.6 Å². The largest absolute Gasteiger partial charge is 0.311 e. The zero-order chi connectivity index (χ0) is 13.8. The molecule has 5 heteroatoms. The molecule has 2 nitrogen and oxygen atoms in total. The standard InChI is InChI=1S/C14H13BrF2N2/c1-18-13(14-12(17)3-2-4-19-14)7-9-5-10(15)8-11(16)6-9/h2-6,8,13,18H,7H2,1H3. The number of pyridine rings is 1. The van der Waals surface area contributed by atoms with E-state index in [0.717, 1.165) is 5.56 Å². The Morgan fingerprint density at radius 2 is 2.11 bits per heavy atom. The molecule has 1 aromatic carbocycles. The Morgan fingerprint density at radius 3 is 2.74 bits per heavy atom. The lowest BCUT2D eigenvalue weighted by Gasteiger charge is -2.16. The van der Waals surface area contributed by atoms with Crippen LogP contribution in [-0.4, -0.2) is 12.0 Å². The van der Waals surface area contributed by atoms with Gasteiger partial charge in [-0.2, -0.15) is 0 Å². The van der Waals surface area contributed by atoms with Gasteiger partial charge in [0.2, 0.25) is 0 Å². The molecule has 0 amide bonds. The third kappa shape index (κ3) is 3.58. The monoisotopic (exact) mass is 326 g/mol. The molecule has 1 aromatic heterocycles. The van der Waals surface area contributed by atoms with Crippen molar-refractivity contribution in [3.05, 3.63) is 63.9 Å². The Bertz CT molecular complexity index is 555. The van der Waals surface area contributed by atoms with Crippen molar-refractivity contribution in [2.24, 2.45) is 0 Å². The zero-order valence-corrected chi connectivity index (χ0v) is 11.9. The summed E-state index contributed by atoms with van der Waals surface area (Å²) in [6, 6.07) is 7.26. The first kappa shape index (κ1) is 14.1. The molecule has 1 atom stereocenters. The minimum Gasteiger partial charge on any atom is -0.311 e. The fourth-order valence-electron chi connectivity index (χ4n) is 1.95. The van der Waals surface area contributed by atoms with Crippen molar-refractivity contribution in [3.63, 3.8) is 0 Å². The van der Waals surface area contributed by atoms with Crippen molar-refractivity contribution < 1.29 is 8.78 Å². The van der Waals surface area contributed by atoms with Crippen LogP contribution in [-0.2, 0) is 6.42 Å². The van der Waals surface area contributed by atoms with Gasteiger partial charge in [-0.3, -0.25) is 4.98 Å². The number of likely N-dealkylation sites (N-methyl/N-ethyl adjacent to an activating group) is 1. The van der Waals surface area contributed by atoms with E-state index >= 15 is 0 Å². The van der Waals surface area contributed by atoms with Gasteiger partial charge in [0.1, 0.15) is 11.6 Å². The number of hydrogen-bond acceptors (Lipinski definition) is 2. The molecule has 2 aromatic rings. The van der Waals surface area contributed by atoms with Crippen LogP contribution in [0.4, 0.5) is 8.78 Å². The molecule has 1 N–H and O–H groups in total. The van der Waals surface area contributed by atoms with Gasteiger partial charge in [0, 0.05) is 10.7 Å². The summed E-state index contributed by atoms with van der Waals surface area (Å²) >= 11 is 3.25. The van der Waals surface area contributed by atoms with E-state index in [4.69, 9.17) is 0 Å². The molecule has 0 saturated carbocycles. The molecular formula is C14H13BrF2N2. The average Bonchev–Trinajstić information content (AvgIpc) is 2.36. The maximum absolute atomic E-state index is 13.7. The Balaban J connectivity index is 2.26. The van der Waals surface area contributed by atoms with E-state index in [1.807, 2.05) is 6.07 Å². The van der Waals surface area contributed by atoms with Gasteiger partial charge in [0.25, 0.3) is 0 Å². The van der Waals surface area contributed by atoms with Crippen molar-refractivity contribution >= 4 is 15.9 Å². The van der Waals surface area contributed by atoms with Gasteiger partial charge in [-0.25, -0.2) is 8.78 Å². The molecule has 0 spiro atoms. The Kier molecular flexibility index (Phi) is 4.61. The van der Waals surface area contributed by atoms with E-state index in [9.17, 15) is 8.78 Å². The molecule has 0 aliphatic rings. The van der Waals surface area contributed by atoms with Gasteiger partial charge < -0.3 is 5.32 Å². The second-order valence-electron chi connectivity index (χ2n) is 4.19. The van der Waals surface area contributed by atoms with Crippen molar-refractivity contribution in [1.82, 2.24) is 10.3 Å². The first-order valence-corrected chi connectivity index (χ1v) is 6.62. The highest BCUT2D eigenvalue weighted by molar-refractivity contribution is 9.10. The number of hydrogen-bond donors (Lipinski definition) is 1. The topological polar surface area (TPSA) is 24.9 Å². The Labute approximate surface area is 119 Å². The van der Waals surface area contributed by atoms with Crippen LogP contribution in [0, 0.1) is 11.6 Å². The van der Waals surface area contributed by atoms with Crippen molar-refractivity contribution in [3.8, 4) is 0 Å². The molecule has 1 unspecified atom stereocenters. The van der Waals surface area contributed by atoms with Crippen LogP contribution in [0.15, 0.2) is 41.0 Å². The molecule has 0 fully saturated rings. The van der Waals surface area contributed by atoms with Crippen molar-refractivity contribution in [2.45, 2.75) is 12.5 Å².